The van der Waals surface area contributed by atoms with Crippen LogP contribution in [0.5, 0.6) is 0 Å². The molecule has 0 radical (unpaired) electrons. The summed E-state index contributed by atoms with van der Waals surface area (Å²) < 4.78 is 0.960. The maximum absolute atomic E-state index is 12.5. The number of rotatable bonds is 6. The van der Waals surface area contributed by atoms with Gasteiger partial charge in [0, 0.05) is 22.7 Å². The lowest BCUT2D eigenvalue weighted by Gasteiger charge is -2.27. The van der Waals surface area contributed by atoms with E-state index in [0.717, 1.165) is 15.7 Å². The molecule has 3 nitrogen and oxygen atoms in total. The zero-order chi connectivity index (χ0) is 15.9. The Morgan fingerprint density at radius 2 is 1.73 bits per heavy atom. The van der Waals surface area contributed by atoms with Gasteiger partial charge in [-0.2, -0.15) is 0 Å². The number of halogens is 1. The lowest BCUT2D eigenvalue weighted by Crippen LogP contribution is -2.39. The summed E-state index contributed by atoms with van der Waals surface area (Å²) in [4.78, 5) is 14.4. The van der Waals surface area contributed by atoms with Crippen molar-refractivity contribution in [2.75, 3.05) is 11.9 Å². The van der Waals surface area contributed by atoms with Gasteiger partial charge in [0.05, 0.1) is 6.54 Å². The van der Waals surface area contributed by atoms with Gasteiger partial charge in [0.1, 0.15) is 0 Å². The molecule has 0 saturated heterocycles. The van der Waals surface area contributed by atoms with Crippen LogP contribution < -0.4 is 5.32 Å². The first kappa shape index (κ1) is 16.6. The molecule has 2 aromatic rings. The number of hydrogen-bond donors (Lipinski definition) is 1. The molecule has 0 aliphatic rings. The van der Waals surface area contributed by atoms with E-state index in [1.807, 2.05) is 73.3 Å². The van der Waals surface area contributed by atoms with Gasteiger partial charge in [0.15, 0.2) is 0 Å². The van der Waals surface area contributed by atoms with E-state index in [4.69, 9.17) is 0 Å². The summed E-state index contributed by atoms with van der Waals surface area (Å²) in [6, 6.07) is 18.0. The van der Waals surface area contributed by atoms with Crippen molar-refractivity contribution >= 4 is 27.5 Å². The van der Waals surface area contributed by atoms with Crippen LogP contribution in [0.3, 0.4) is 0 Å². The number of benzene rings is 2. The zero-order valence-corrected chi connectivity index (χ0v) is 14.5. The topological polar surface area (TPSA) is 32.3 Å². The molecule has 4 heteroatoms. The fourth-order valence-electron chi connectivity index (χ4n) is 2.22. The van der Waals surface area contributed by atoms with E-state index in [9.17, 15) is 4.79 Å². The highest BCUT2D eigenvalue weighted by atomic mass is 79.9. The average molecular weight is 361 g/mol. The van der Waals surface area contributed by atoms with E-state index in [2.05, 4.69) is 21.2 Å². The standard InChI is InChI=1S/C18H21BrN2O/c1-14(2)21(13-15-8-4-3-5-9-15)18(22)12-20-17-11-7-6-10-16(17)19/h3-11,14,20H,12-13H2,1-2H3. The minimum atomic E-state index is 0.0922. The second kappa shape index (κ2) is 7.99. The van der Waals surface area contributed by atoms with Crippen molar-refractivity contribution in [1.82, 2.24) is 4.90 Å². The van der Waals surface area contributed by atoms with Crippen LogP contribution in [0.2, 0.25) is 0 Å². The number of para-hydroxylation sites is 1. The second-order valence-corrected chi connectivity index (χ2v) is 6.29. The van der Waals surface area contributed by atoms with Crippen LogP contribution in [0.1, 0.15) is 19.4 Å². The highest BCUT2D eigenvalue weighted by Crippen LogP contribution is 2.21. The van der Waals surface area contributed by atoms with E-state index in [1.165, 1.54) is 0 Å². The van der Waals surface area contributed by atoms with Crippen molar-refractivity contribution in [1.29, 1.82) is 0 Å². The van der Waals surface area contributed by atoms with Crippen molar-refractivity contribution in [3.05, 3.63) is 64.6 Å². The van der Waals surface area contributed by atoms with Crippen LogP contribution in [-0.4, -0.2) is 23.4 Å². The molecule has 0 atom stereocenters. The monoisotopic (exact) mass is 360 g/mol. The molecule has 0 heterocycles. The maximum Gasteiger partial charge on any atom is 0.242 e. The maximum atomic E-state index is 12.5. The van der Waals surface area contributed by atoms with Crippen molar-refractivity contribution in [2.45, 2.75) is 26.4 Å². The number of nitrogens with one attached hydrogen (secondary N) is 1. The van der Waals surface area contributed by atoms with Gasteiger partial charge in [-0.15, -0.1) is 0 Å². The third kappa shape index (κ3) is 4.60. The number of amides is 1. The van der Waals surface area contributed by atoms with Crippen LogP contribution in [0.25, 0.3) is 0 Å². The number of carbonyl (C=O) groups excluding carboxylic acids is 1. The molecule has 0 bridgehead atoms. The third-order valence-electron chi connectivity index (χ3n) is 3.44. The Morgan fingerprint density at radius 3 is 2.36 bits per heavy atom. The van der Waals surface area contributed by atoms with E-state index >= 15 is 0 Å². The molecule has 0 aromatic heterocycles. The first-order chi connectivity index (χ1) is 10.6. The lowest BCUT2D eigenvalue weighted by molar-refractivity contribution is -0.131. The summed E-state index contributed by atoms with van der Waals surface area (Å²) in [5.41, 5.74) is 2.07. The van der Waals surface area contributed by atoms with Gasteiger partial charge >= 0.3 is 0 Å². The van der Waals surface area contributed by atoms with Gasteiger partial charge in [0.25, 0.3) is 0 Å². The summed E-state index contributed by atoms with van der Waals surface area (Å²) in [6.07, 6.45) is 0. The van der Waals surface area contributed by atoms with Crippen molar-refractivity contribution in [3.63, 3.8) is 0 Å². The SMILES string of the molecule is CC(C)N(Cc1ccccc1)C(=O)CNc1ccccc1Br. The quantitative estimate of drug-likeness (QED) is 0.832. The van der Waals surface area contributed by atoms with Crippen LogP contribution >= 0.6 is 15.9 Å². The Hall–Kier alpha value is -1.81. The Morgan fingerprint density at radius 1 is 1.09 bits per heavy atom. The van der Waals surface area contributed by atoms with Crippen LogP contribution in [0.4, 0.5) is 5.69 Å². The Labute approximate surface area is 140 Å². The van der Waals surface area contributed by atoms with Crippen LogP contribution in [0, 0.1) is 0 Å². The summed E-state index contributed by atoms with van der Waals surface area (Å²) in [5, 5.41) is 3.20. The van der Waals surface area contributed by atoms with E-state index in [-0.39, 0.29) is 18.5 Å². The van der Waals surface area contributed by atoms with E-state index in [1.54, 1.807) is 0 Å². The Balaban J connectivity index is 2.00. The molecule has 0 aliphatic heterocycles. The molecule has 1 N–H and O–H groups in total. The molecular weight excluding hydrogens is 340 g/mol. The van der Waals surface area contributed by atoms with Crippen molar-refractivity contribution in [3.8, 4) is 0 Å². The fraction of sp³-hybridized carbons (Fsp3) is 0.278. The first-order valence-electron chi connectivity index (χ1n) is 7.39. The number of nitrogens with zero attached hydrogens (tertiary/aromatic N) is 1. The van der Waals surface area contributed by atoms with Gasteiger partial charge in [-0.25, -0.2) is 0 Å². The summed E-state index contributed by atoms with van der Waals surface area (Å²) in [6.45, 7) is 5.00. The zero-order valence-electron chi connectivity index (χ0n) is 12.9. The molecule has 0 unspecified atom stereocenters. The average Bonchev–Trinajstić information content (AvgIpc) is 2.52. The molecule has 22 heavy (non-hydrogen) atoms. The number of hydrogen-bond acceptors (Lipinski definition) is 2. The predicted octanol–water partition coefficient (Wildman–Crippen LogP) is 4.30. The second-order valence-electron chi connectivity index (χ2n) is 5.43. The first-order valence-corrected chi connectivity index (χ1v) is 8.19. The number of anilines is 1. The predicted molar refractivity (Wildman–Crippen MR) is 94.8 cm³/mol. The number of carbonyl (C=O) groups is 1. The summed E-state index contributed by atoms with van der Waals surface area (Å²) >= 11 is 3.48. The molecule has 2 rings (SSSR count). The normalized spacial score (nSPS) is 10.5. The van der Waals surface area contributed by atoms with Crippen molar-refractivity contribution < 1.29 is 4.79 Å². The lowest BCUT2D eigenvalue weighted by atomic mass is 10.2. The third-order valence-corrected chi connectivity index (χ3v) is 4.13. The van der Waals surface area contributed by atoms with Crippen LogP contribution in [0.15, 0.2) is 59.1 Å². The Kier molecular flexibility index (Phi) is 6.01. The van der Waals surface area contributed by atoms with Gasteiger partial charge in [0.2, 0.25) is 5.91 Å². The van der Waals surface area contributed by atoms with Gasteiger partial charge < -0.3 is 10.2 Å². The largest absolute Gasteiger partial charge is 0.375 e. The minimum Gasteiger partial charge on any atom is -0.375 e. The van der Waals surface area contributed by atoms with E-state index in [0.29, 0.717) is 6.54 Å². The minimum absolute atomic E-state index is 0.0922. The molecule has 2 aromatic carbocycles. The van der Waals surface area contributed by atoms with Gasteiger partial charge in [-0.05, 0) is 47.5 Å². The molecular formula is C18H21BrN2O. The fourth-order valence-corrected chi connectivity index (χ4v) is 2.64. The van der Waals surface area contributed by atoms with Crippen molar-refractivity contribution in [2.24, 2.45) is 0 Å². The molecule has 0 aliphatic carbocycles. The van der Waals surface area contributed by atoms with Gasteiger partial charge in [-0.3, -0.25) is 4.79 Å². The molecule has 1 amide bonds. The smallest absolute Gasteiger partial charge is 0.242 e. The molecule has 0 fully saturated rings. The molecule has 0 spiro atoms. The van der Waals surface area contributed by atoms with Crippen LogP contribution in [-0.2, 0) is 11.3 Å². The highest BCUT2D eigenvalue weighted by Gasteiger charge is 2.17. The van der Waals surface area contributed by atoms with Gasteiger partial charge in [-0.1, -0.05) is 42.5 Å². The summed E-state index contributed by atoms with van der Waals surface area (Å²) in [5.74, 6) is 0.0922. The summed E-state index contributed by atoms with van der Waals surface area (Å²) in [7, 11) is 0. The molecule has 116 valence electrons. The Bertz CT molecular complexity index is 613. The highest BCUT2D eigenvalue weighted by molar-refractivity contribution is 9.10. The molecule has 0 saturated carbocycles. The van der Waals surface area contributed by atoms with E-state index < -0.39 is 0 Å².